The molecule has 1 unspecified atom stereocenters. The summed E-state index contributed by atoms with van der Waals surface area (Å²) in [5.41, 5.74) is -0.165. The summed E-state index contributed by atoms with van der Waals surface area (Å²) < 4.78 is 53.2. The summed E-state index contributed by atoms with van der Waals surface area (Å²) >= 11 is 0. The van der Waals surface area contributed by atoms with Gasteiger partial charge in [-0.15, -0.1) is 0 Å². The Morgan fingerprint density at radius 2 is 1.81 bits per heavy atom. The highest BCUT2D eigenvalue weighted by molar-refractivity contribution is 5.94. The van der Waals surface area contributed by atoms with Gasteiger partial charge in [-0.1, -0.05) is 30.3 Å². The summed E-state index contributed by atoms with van der Waals surface area (Å²) in [4.78, 5) is 37.9. The van der Waals surface area contributed by atoms with E-state index in [0.29, 0.717) is 0 Å². The van der Waals surface area contributed by atoms with Crippen molar-refractivity contribution in [3.05, 3.63) is 71.0 Å². The maximum absolute atomic E-state index is 14.4. The first kappa shape index (κ1) is 27.0. The van der Waals surface area contributed by atoms with Crippen LogP contribution in [-0.4, -0.2) is 47.5 Å². The van der Waals surface area contributed by atoms with Crippen LogP contribution in [0, 0.1) is 5.82 Å². The molecule has 1 heterocycles. The first-order valence-electron chi connectivity index (χ1n) is 11.5. The van der Waals surface area contributed by atoms with E-state index in [4.69, 9.17) is 9.47 Å². The third-order valence-electron chi connectivity index (χ3n) is 5.32. The van der Waals surface area contributed by atoms with E-state index in [-0.39, 0.29) is 30.7 Å². The van der Waals surface area contributed by atoms with E-state index in [1.165, 1.54) is 6.07 Å². The first-order valence-corrected chi connectivity index (χ1v) is 11.5. The predicted octanol–water partition coefficient (Wildman–Crippen LogP) is 5.01. The van der Waals surface area contributed by atoms with Crippen LogP contribution in [0.5, 0.6) is 0 Å². The number of nitrogens with one attached hydrogen (secondary N) is 1. The summed E-state index contributed by atoms with van der Waals surface area (Å²) in [6, 6.07) is 11.1. The van der Waals surface area contributed by atoms with Crippen LogP contribution in [0.4, 0.5) is 18.0 Å². The number of hydrogen-bond donors (Lipinski definition) is 1. The SMILES string of the molecule is CC(C)(C)OC(=O)N1CC(F)(F)CC1c1cc(F)cc(C(=O)NCCC(=O)OCc2ccccc2)c1. The van der Waals surface area contributed by atoms with Crippen LogP contribution in [0.1, 0.15) is 61.1 Å². The number of nitrogens with zero attached hydrogens (tertiary/aromatic N) is 1. The number of ether oxygens (including phenoxy) is 2. The van der Waals surface area contributed by atoms with Gasteiger partial charge in [0.2, 0.25) is 0 Å². The van der Waals surface area contributed by atoms with Crippen molar-refractivity contribution < 1.29 is 37.0 Å². The summed E-state index contributed by atoms with van der Waals surface area (Å²) in [5, 5.41) is 2.49. The minimum atomic E-state index is -3.20. The van der Waals surface area contributed by atoms with Crippen LogP contribution in [-0.2, 0) is 20.9 Å². The van der Waals surface area contributed by atoms with Crippen molar-refractivity contribution in [2.75, 3.05) is 13.1 Å². The monoisotopic (exact) mass is 506 g/mol. The lowest BCUT2D eigenvalue weighted by molar-refractivity contribution is -0.144. The smallest absolute Gasteiger partial charge is 0.411 e. The number of alkyl halides is 2. The van der Waals surface area contributed by atoms with Gasteiger partial charge in [0.15, 0.2) is 0 Å². The van der Waals surface area contributed by atoms with Crippen LogP contribution in [0.25, 0.3) is 0 Å². The topological polar surface area (TPSA) is 84.9 Å². The normalized spacial score (nSPS) is 16.9. The quantitative estimate of drug-likeness (QED) is 0.534. The van der Waals surface area contributed by atoms with Gasteiger partial charge in [0.05, 0.1) is 19.0 Å². The van der Waals surface area contributed by atoms with E-state index >= 15 is 0 Å². The molecule has 1 aliphatic rings. The highest BCUT2D eigenvalue weighted by Gasteiger charge is 2.49. The van der Waals surface area contributed by atoms with Gasteiger partial charge in [-0.2, -0.15) is 0 Å². The van der Waals surface area contributed by atoms with E-state index in [2.05, 4.69) is 5.32 Å². The van der Waals surface area contributed by atoms with Gasteiger partial charge in [-0.3, -0.25) is 14.5 Å². The van der Waals surface area contributed by atoms with Gasteiger partial charge in [-0.25, -0.2) is 18.0 Å². The van der Waals surface area contributed by atoms with Gasteiger partial charge in [0.1, 0.15) is 18.0 Å². The fraction of sp³-hybridized carbons (Fsp3) is 0.423. The molecule has 3 rings (SSSR count). The number of esters is 1. The average molecular weight is 507 g/mol. The van der Waals surface area contributed by atoms with Crippen LogP contribution >= 0.6 is 0 Å². The minimum absolute atomic E-state index is 0.0467. The molecule has 194 valence electrons. The van der Waals surface area contributed by atoms with Crippen molar-refractivity contribution >= 4 is 18.0 Å². The first-order chi connectivity index (χ1) is 16.8. The fourth-order valence-electron chi connectivity index (χ4n) is 3.75. The standard InChI is InChI=1S/C26H29F3N2O5/c1-25(2,3)36-24(34)31-16-26(28,29)14-21(31)18-11-19(13-20(27)12-18)23(33)30-10-9-22(32)35-15-17-7-5-4-6-8-17/h4-8,11-13,21H,9-10,14-16H2,1-3H3,(H,30,33). The Morgan fingerprint density at radius 3 is 2.47 bits per heavy atom. The molecule has 1 aliphatic heterocycles. The Balaban J connectivity index is 1.63. The van der Waals surface area contributed by atoms with Gasteiger partial charge in [0.25, 0.3) is 11.8 Å². The molecular weight excluding hydrogens is 477 g/mol. The molecule has 7 nitrogen and oxygen atoms in total. The molecule has 2 amide bonds. The van der Waals surface area contributed by atoms with E-state index in [9.17, 15) is 27.6 Å². The van der Waals surface area contributed by atoms with Crippen molar-refractivity contribution in [2.45, 2.75) is 57.8 Å². The molecule has 2 aromatic rings. The molecule has 0 aliphatic carbocycles. The summed E-state index contributed by atoms with van der Waals surface area (Å²) in [7, 11) is 0. The number of amides is 2. The maximum Gasteiger partial charge on any atom is 0.411 e. The molecule has 10 heteroatoms. The van der Waals surface area contributed by atoms with E-state index in [1.807, 2.05) is 18.2 Å². The molecule has 2 aromatic carbocycles. The van der Waals surface area contributed by atoms with Crippen LogP contribution in [0.2, 0.25) is 0 Å². The Morgan fingerprint density at radius 1 is 1.11 bits per heavy atom. The van der Waals surface area contributed by atoms with Crippen molar-refractivity contribution in [3.63, 3.8) is 0 Å². The van der Waals surface area contributed by atoms with Crippen LogP contribution in [0.15, 0.2) is 48.5 Å². The second-order valence-electron chi connectivity index (χ2n) is 9.61. The molecule has 0 saturated carbocycles. The maximum atomic E-state index is 14.4. The zero-order valence-electron chi connectivity index (χ0n) is 20.4. The molecule has 0 aromatic heterocycles. The number of rotatable bonds is 7. The molecule has 0 radical (unpaired) electrons. The molecule has 0 bridgehead atoms. The summed E-state index contributed by atoms with van der Waals surface area (Å²) in [6.45, 7) is 3.98. The minimum Gasteiger partial charge on any atom is -0.461 e. The average Bonchev–Trinajstić information content (AvgIpc) is 3.12. The molecule has 1 atom stereocenters. The van der Waals surface area contributed by atoms with E-state index in [1.54, 1.807) is 32.9 Å². The van der Waals surface area contributed by atoms with Gasteiger partial charge < -0.3 is 14.8 Å². The molecular formula is C26H29F3N2O5. The lowest BCUT2D eigenvalue weighted by atomic mass is 10.0. The second kappa shape index (κ2) is 11.0. The highest BCUT2D eigenvalue weighted by Crippen LogP contribution is 2.42. The number of benzene rings is 2. The van der Waals surface area contributed by atoms with Crippen molar-refractivity contribution in [3.8, 4) is 0 Å². The third kappa shape index (κ3) is 7.73. The van der Waals surface area contributed by atoms with Gasteiger partial charge >= 0.3 is 12.1 Å². The number of carbonyl (C=O) groups excluding carboxylic acids is 3. The Kier molecular flexibility index (Phi) is 8.27. The molecule has 0 spiro atoms. The Hall–Kier alpha value is -3.56. The van der Waals surface area contributed by atoms with Crippen molar-refractivity contribution in [1.29, 1.82) is 0 Å². The third-order valence-corrected chi connectivity index (χ3v) is 5.32. The van der Waals surface area contributed by atoms with Gasteiger partial charge in [0, 0.05) is 18.5 Å². The van der Waals surface area contributed by atoms with Crippen LogP contribution < -0.4 is 5.32 Å². The van der Waals surface area contributed by atoms with E-state index < -0.39 is 54.3 Å². The molecule has 1 saturated heterocycles. The van der Waals surface area contributed by atoms with Crippen molar-refractivity contribution in [1.82, 2.24) is 10.2 Å². The number of likely N-dealkylation sites (tertiary alicyclic amines) is 1. The highest BCUT2D eigenvalue weighted by atomic mass is 19.3. The lowest BCUT2D eigenvalue weighted by Gasteiger charge is -2.28. The molecule has 1 N–H and O–H groups in total. The van der Waals surface area contributed by atoms with Crippen LogP contribution in [0.3, 0.4) is 0 Å². The Labute approximate surface area is 207 Å². The van der Waals surface area contributed by atoms with Crippen molar-refractivity contribution in [2.24, 2.45) is 0 Å². The number of carbonyl (C=O) groups is 3. The zero-order chi connectivity index (χ0) is 26.5. The summed E-state index contributed by atoms with van der Waals surface area (Å²) in [5.74, 6) is -5.24. The molecule has 1 fully saturated rings. The zero-order valence-corrected chi connectivity index (χ0v) is 20.4. The van der Waals surface area contributed by atoms with E-state index in [0.717, 1.165) is 22.6 Å². The number of hydrogen-bond acceptors (Lipinski definition) is 5. The summed E-state index contributed by atoms with van der Waals surface area (Å²) in [6.07, 6.45) is -1.79. The fourth-order valence-corrected chi connectivity index (χ4v) is 3.75. The molecule has 36 heavy (non-hydrogen) atoms. The second-order valence-corrected chi connectivity index (χ2v) is 9.61. The largest absolute Gasteiger partial charge is 0.461 e. The number of halogens is 3. The Bertz CT molecular complexity index is 1100. The lowest BCUT2D eigenvalue weighted by Crippen LogP contribution is -2.38. The van der Waals surface area contributed by atoms with Gasteiger partial charge in [-0.05, 0) is 50.1 Å². The predicted molar refractivity (Wildman–Crippen MR) is 125 cm³/mol.